The Morgan fingerprint density at radius 1 is 0.292 bits per heavy atom. The first-order valence-electron chi connectivity index (χ1n) is 28.8. The molecule has 0 aliphatic rings. The molecular formula is C59H110O6. The quantitative estimate of drug-likeness (QED) is 0.0262. The summed E-state index contributed by atoms with van der Waals surface area (Å²) in [5.74, 6) is -0.866. The molecule has 0 aliphatic carbocycles. The maximum atomic E-state index is 12.8. The first-order chi connectivity index (χ1) is 32.0. The molecule has 0 N–H and O–H groups in total. The smallest absolute Gasteiger partial charge is 0.306 e. The highest BCUT2D eigenvalue weighted by Crippen LogP contribution is 2.16. The Balaban J connectivity index is 4.34. The van der Waals surface area contributed by atoms with Gasteiger partial charge in [-0.2, -0.15) is 0 Å². The Labute approximate surface area is 404 Å². The highest BCUT2D eigenvalue weighted by Gasteiger charge is 2.19. The minimum Gasteiger partial charge on any atom is -0.462 e. The number of esters is 3. The number of allylic oxidation sites excluding steroid dienone is 4. The Kier molecular flexibility index (Phi) is 52.7. The van der Waals surface area contributed by atoms with Gasteiger partial charge in [-0.25, -0.2) is 0 Å². The minimum absolute atomic E-state index is 0.0717. The first kappa shape index (κ1) is 62.9. The summed E-state index contributed by atoms with van der Waals surface area (Å²) >= 11 is 0. The Morgan fingerprint density at radius 2 is 0.508 bits per heavy atom. The summed E-state index contributed by atoms with van der Waals surface area (Å²) in [5, 5.41) is 0. The van der Waals surface area contributed by atoms with E-state index in [4.69, 9.17) is 14.2 Å². The van der Waals surface area contributed by atoms with Gasteiger partial charge in [0.25, 0.3) is 0 Å². The number of ether oxygens (including phenoxy) is 3. The molecule has 382 valence electrons. The molecule has 0 aromatic heterocycles. The number of hydrogen-bond acceptors (Lipinski definition) is 6. The van der Waals surface area contributed by atoms with Crippen molar-refractivity contribution in [2.45, 2.75) is 322 Å². The Bertz CT molecular complexity index is 1050. The van der Waals surface area contributed by atoms with Crippen LogP contribution in [0.3, 0.4) is 0 Å². The van der Waals surface area contributed by atoms with Crippen molar-refractivity contribution < 1.29 is 28.6 Å². The molecule has 1 atom stereocenters. The van der Waals surface area contributed by atoms with Crippen LogP contribution in [0.5, 0.6) is 0 Å². The zero-order valence-corrected chi connectivity index (χ0v) is 43.8. The summed E-state index contributed by atoms with van der Waals surface area (Å²) in [6.07, 6.45) is 63.1. The van der Waals surface area contributed by atoms with Gasteiger partial charge in [0, 0.05) is 19.3 Å². The van der Waals surface area contributed by atoms with Crippen molar-refractivity contribution >= 4 is 17.9 Å². The van der Waals surface area contributed by atoms with E-state index in [1.54, 1.807) is 0 Å². The normalized spacial score (nSPS) is 12.1. The summed E-state index contributed by atoms with van der Waals surface area (Å²) in [7, 11) is 0. The second-order valence-corrected chi connectivity index (χ2v) is 19.6. The van der Waals surface area contributed by atoms with E-state index >= 15 is 0 Å². The van der Waals surface area contributed by atoms with Crippen LogP contribution in [0.15, 0.2) is 24.3 Å². The lowest BCUT2D eigenvalue weighted by molar-refractivity contribution is -0.167. The van der Waals surface area contributed by atoms with Gasteiger partial charge in [-0.05, 0) is 70.6 Å². The van der Waals surface area contributed by atoms with E-state index in [2.05, 4.69) is 45.1 Å². The molecule has 6 nitrogen and oxygen atoms in total. The average molecular weight is 916 g/mol. The van der Waals surface area contributed by atoms with Crippen LogP contribution in [0.25, 0.3) is 0 Å². The standard InChI is InChI=1S/C59H110O6/c1-4-7-10-13-16-19-22-25-27-29-30-32-34-37-40-43-46-49-52-58(61)64-55-56(54-63-57(60)51-48-45-42-39-36-33-24-21-18-15-12-9-6-3)65-59(62)53-50-47-44-41-38-35-31-28-26-23-20-17-14-11-8-5-2/h27-29,31,56H,4-26,30,32-55H2,1-3H3/b29-27-,31-28-. The second kappa shape index (κ2) is 54.5. The molecule has 0 aromatic rings. The van der Waals surface area contributed by atoms with Crippen LogP contribution in [0.2, 0.25) is 0 Å². The fourth-order valence-electron chi connectivity index (χ4n) is 8.55. The maximum absolute atomic E-state index is 12.8. The molecule has 0 radical (unpaired) electrons. The fraction of sp³-hybridized carbons (Fsp3) is 0.881. The van der Waals surface area contributed by atoms with E-state index in [1.165, 1.54) is 212 Å². The molecule has 6 heteroatoms. The number of unbranched alkanes of at least 4 members (excludes halogenated alkanes) is 38. The van der Waals surface area contributed by atoms with Crippen LogP contribution in [0.1, 0.15) is 316 Å². The number of rotatable bonds is 53. The number of carbonyl (C=O) groups excluding carboxylic acids is 3. The van der Waals surface area contributed by atoms with E-state index in [9.17, 15) is 14.4 Å². The predicted molar refractivity (Wildman–Crippen MR) is 279 cm³/mol. The lowest BCUT2D eigenvalue weighted by Crippen LogP contribution is -2.30. The van der Waals surface area contributed by atoms with Crippen LogP contribution in [-0.4, -0.2) is 37.2 Å². The number of carbonyl (C=O) groups is 3. The van der Waals surface area contributed by atoms with Crippen LogP contribution in [0.4, 0.5) is 0 Å². The third-order valence-corrected chi connectivity index (χ3v) is 12.9. The lowest BCUT2D eigenvalue weighted by atomic mass is 10.0. The third kappa shape index (κ3) is 52.7. The second-order valence-electron chi connectivity index (χ2n) is 19.6. The van der Waals surface area contributed by atoms with Gasteiger partial charge in [-0.1, -0.05) is 251 Å². The van der Waals surface area contributed by atoms with Crippen molar-refractivity contribution in [3.63, 3.8) is 0 Å². The minimum atomic E-state index is -0.773. The van der Waals surface area contributed by atoms with Gasteiger partial charge in [-0.15, -0.1) is 0 Å². The fourth-order valence-corrected chi connectivity index (χ4v) is 8.55. The van der Waals surface area contributed by atoms with Crippen LogP contribution in [0, 0.1) is 0 Å². The summed E-state index contributed by atoms with van der Waals surface area (Å²) in [4.78, 5) is 38.1. The molecule has 0 aliphatic heterocycles. The molecule has 0 heterocycles. The topological polar surface area (TPSA) is 78.9 Å². The van der Waals surface area contributed by atoms with Gasteiger partial charge in [-0.3, -0.25) is 14.4 Å². The van der Waals surface area contributed by atoms with Crippen LogP contribution in [-0.2, 0) is 28.6 Å². The molecule has 0 amide bonds. The van der Waals surface area contributed by atoms with Crippen molar-refractivity contribution in [3.8, 4) is 0 Å². The molecule has 0 bridgehead atoms. The first-order valence-corrected chi connectivity index (χ1v) is 28.8. The molecule has 0 rings (SSSR count). The zero-order valence-electron chi connectivity index (χ0n) is 43.8. The molecule has 0 fully saturated rings. The predicted octanol–water partition coefficient (Wildman–Crippen LogP) is 19.1. The van der Waals surface area contributed by atoms with Gasteiger partial charge in [0.2, 0.25) is 0 Å². The molecule has 65 heavy (non-hydrogen) atoms. The van der Waals surface area contributed by atoms with E-state index in [1.807, 2.05) is 0 Å². The third-order valence-electron chi connectivity index (χ3n) is 12.9. The Morgan fingerprint density at radius 3 is 0.769 bits per heavy atom. The molecular weight excluding hydrogens is 805 g/mol. The SMILES string of the molecule is CCCCCCCCC/C=C\CCCCCCCCCC(=O)OCC(COC(=O)CCCCCCCCCCCCCCC)OC(=O)CCCCCCC/C=C\CCCCCCCCC. The van der Waals surface area contributed by atoms with Crippen LogP contribution >= 0.6 is 0 Å². The van der Waals surface area contributed by atoms with Gasteiger partial charge in [0.15, 0.2) is 6.10 Å². The highest BCUT2D eigenvalue weighted by molar-refractivity contribution is 5.71. The van der Waals surface area contributed by atoms with Crippen molar-refractivity contribution in [2.24, 2.45) is 0 Å². The molecule has 0 aromatic carbocycles. The summed E-state index contributed by atoms with van der Waals surface area (Å²) in [6.45, 7) is 6.67. The summed E-state index contributed by atoms with van der Waals surface area (Å²) in [6, 6.07) is 0. The van der Waals surface area contributed by atoms with Gasteiger partial charge in [0.1, 0.15) is 13.2 Å². The summed E-state index contributed by atoms with van der Waals surface area (Å²) < 4.78 is 16.9. The molecule has 0 saturated carbocycles. The van der Waals surface area contributed by atoms with E-state index in [0.717, 1.165) is 64.2 Å². The summed E-state index contributed by atoms with van der Waals surface area (Å²) in [5.41, 5.74) is 0. The zero-order chi connectivity index (χ0) is 47.2. The maximum Gasteiger partial charge on any atom is 0.306 e. The van der Waals surface area contributed by atoms with E-state index in [0.29, 0.717) is 19.3 Å². The van der Waals surface area contributed by atoms with Crippen molar-refractivity contribution in [1.82, 2.24) is 0 Å². The molecule has 1 unspecified atom stereocenters. The van der Waals surface area contributed by atoms with Crippen molar-refractivity contribution in [2.75, 3.05) is 13.2 Å². The lowest BCUT2D eigenvalue weighted by Gasteiger charge is -2.18. The molecule has 0 spiro atoms. The van der Waals surface area contributed by atoms with Crippen molar-refractivity contribution in [3.05, 3.63) is 24.3 Å². The molecule has 0 saturated heterocycles. The van der Waals surface area contributed by atoms with Crippen LogP contribution < -0.4 is 0 Å². The van der Waals surface area contributed by atoms with E-state index < -0.39 is 6.10 Å². The Hall–Kier alpha value is -2.11. The van der Waals surface area contributed by atoms with Gasteiger partial charge >= 0.3 is 17.9 Å². The van der Waals surface area contributed by atoms with Crippen molar-refractivity contribution in [1.29, 1.82) is 0 Å². The van der Waals surface area contributed by atoms with Gasteiger partial charge in [0.05, 0.1) is 0 Å². The van der Waals surface area contributed by atoms with Gasteiger partial charge < -0.3 is 14.2 Å². The monoisotopic (exact) mass is 915 g/mol. The number of hydrogen-bond donors (Lipinski definition) is 0. The largest absolute Gasteiger partial charge is 0.462 e. The highest BCUT2D eigenvalue weighted by atomic mass is 16.6. The average Bonchev–Trinajstić information content (AvgIpc) is 3.30. The van der Waals surface area contributed by atoms with E-state index in [-0.39, 0.29) is 31.1 Å².